The fourth-order valence-corrected chi connectivity index (χ4v) is 2.00. The van der Waals surface area contributed by atoms with Crippen molar-refractivity contribution in [2.75, 3.05) is 26.3 Å². The molecule has 2 nitrogen and oxygen atoms in total. The molecule has 82 valence electrons. The first-order valence-electron chi connectivity index (χ1n) is 5.70. The van der Waals surface area contributed by atoms with E-state index in [0.717, 1.165) is 37.7 Å². The first kappa shape index (κ1) is 11.9. The Labute approximate surface area is 92.6 Å². The molecule has 0 aromatic carbocycles. The van der Waals surface area contributed by atoms with Crippen molar-refractivity contribution in [2.24, 2.45) is 0 Å². The molecule has 1 heterocycles. The summed E-state index contributed by atoms with van der Waals surface area (Å²) in [6.07, 6.45) is 6.30. The molecular formula is C11H21NOS. The predicted molar refractivity (Wildman–Crippen MR) is 63.7 cm³/mol. The van der Waals surface area contributed by atoms with Crippen LogP contribution in [0.15, 0.2) is 0 Å². The standard InChI is InChI=1S/C11H21NOS/c1-2-3-4-5-6-11(14)12-7-9-13-10-8-12/h2-10H2,1H3. The molecule has 1 saturated heterocycles. The zero-order chi connectivity index (χ0) is 10.2. The van der Waals surface area contributed by atoms with Crippen molar-refractivity contribution in [1.29, 1.82) is 0 Å². The third-order valence-corrected chi connectivity index (χ3v) is 3.07. The second-order valence-corrected chi connectivity index (χ2v) is 4.28. The van der Waals surface area contributed by atoms with Gasteiger partial charge in [0, 0.05) is 13.1 Å². The molecule has 0 aliphatic carbocycles. The Morgan fingerprint density at radius 2 is 1.93 bits per heavy atom. The van der Waals surface area contributed by atoms with E-state index in [-0.39, 0.29) is 0 Å². The number of thiocarbonyl (C=S) groups is 1. The number of hydrogen-bond acceptors (Lipinski definition) is 2. The van der Waals surface area contributed by atoms with E-state index in [2.05, 4.69) is 11.8 Å². The number of hydrogen-bond donors (Lipinski definition) is 0. The molecule has 1 rings (SSSR count). The van der Waals surface area contributed by atoms with Gasteiger partial charge in [-0.15, -0.1) is 0 Å². The van der Waals surface area contributed by atoms with E-state index in [4.69, 9.17) is 17.0 Å². The highest BCUT2D eigenvalue weighted by molar-refractivity contribution is 7.80. The van der Waals surface area contributed by atoms with Crippen LogP contribution in [0.3, 0.4) is 0 Å². The fraction of sp³-hybridized carbons (Fsp3) is 0.909. The van der Waals surface area contributed by atoms with E-state index in [9.17, 15) is 0 Å². The van der Waals surface area contributed by atoms with Gasteiger partial charge in [-0.25, -0.2) is 0 Å². The molecule has 0 saturated carbocycles. The largest absolute Gasteiger partial charge is 0.378 e. The summed E-state index contributed by atoms with van der Waals surface area (Å²) < 4.78 is 5.29. The van der Waals surface area contributed by atoms with Crippen LogP contribution in [-0.2, 0) is 4.74 Å². The lowest BCUT2D eigenvalue weighted by atomic mass is 10.1. The molecular weight excluding hydrogens is 194 g/mol. The summed E-state index contributed by atoms with van der Waals surface area (Å²) in [5.41, 5.74) is 0. The van der Waals surface area contributed by atoms with Crippen LogP contribution in [0.2, 0.25) is 0 Å². The molecule has 1 aliphatic heterocycles. The van der Waals surface area contributed by atoms with E-state index in [1.165, 1.54) is 25.7 Å². The van der Waals surface area contributed by atoms with Crippen molar-refractivity contribution >= 4 is 17.2 Å². The SMILES string of the molecule is CCCCCCC(=S)N1CCOCC1. The van der Waals surface area contributed by atoms with E-state index in [0.29, 0.717) is 0 Å². The van der Waals surface area contributed by atoms with Crippen LogP contribution in [0, 0.1) is 0 Å². The molecule has 0 unspecified atom stereocenters. The molecule has 0 aromatic rings. The molecule has 3 heteroatoms. The van der Waals surface area contributed by atoms with Crippen LogP contribution in [0.25, 0.3) is 0 Å². The molecule has 0 aromatic heterocycles. The summed E-state index contributed by atoms with van der Waals surface area (Å²) in [6, 6.07) is 0. The van der Waals surface area contributed by atoms with Crippen molar-refractivity contribution in [3.8, 4) is 0 Å². The molecule has 0 N–H and O–H groups in total. The van der Waals surface area contributed by atoms with E-state index in [1.54, 1.807) is 0 Å². The Balaban J connectivity index is 2.07. The van der Waals surface area contributed by atoms with Crippen molar-refractivity contribution in [3.05, 3.63) is 0 Å². The second kappa shape index (κ2) is 7.18. The van der Waals surface area contributed by atoms with Crippen LogP contribution >= 0.6 is 12.2 Å². The van der Waals surface area contributed by atoms with Crippen molar-refractivity contribution in [1.82, 2.24) is 4.90 Å². The van der Waals surface area contributed by atoms with Crippen LogP contribution in [0.4, 0.5) is 0 Å². The number of unbranched alkanes of at least 4 members (excludes halogenated alkanes) is 3. The van der Waals surface area contributed by atoms with Gasteiger partial charge in [0.1, 0.15) is 0 Å². The average molecular weight is 215 g/mol. The zero-order valence-corrected chi connectivity index (χ0v) is 9.94. The van der Waals surface area contributed by atoms with Gasteiger partial charge in [0.15, 0.2) is 0 Å². The van der Waals surface area contributed by atoms with Crippen LogP contribution < -0.4 is 0 Å². The third-order valence-electron chi connectivity index (χ3n) is 2.61. The summed E-state index contributed by atoms with van der Waals surface area (Å²) >= 11 is 5.39. The van der Waals surface area contributed by atoms with Crippen molar-refractivity contribution in [2.45, 2.75) is 39.0 Å². The Bertz CT molecular complexity index is 167. The minimum Gasteiger partial charge on any atom is -0.378 e. The average Bonchev–Trinajstić information content (AvgIpc) is 2.25. The smallest absolute Gasteiger partial charge is 0.0780 e. The Morgan fingerprint density at radius 3 is 2.57 bits per heavy atom. The quantitative estimate of drug-likeness (QED) is 0.517. The normalized spacial score (nSPS) is 17.1. The van der Waals surface area contributed by atoms with Gasteiger partial charge in [-0.2, -0.15) is 0 Å². The topological polar surface area (TPSA) is 12.5 Å². The number of rotatable bonds is 5. The van der Waals surface area contributed by atoms with Gasteiger partial charge in [-0.3, -0.25) is 0 Å². The minimum absolute atomic E-state index is 0.842. The molecule has 0 amide bonds. The molecule has 0 radical (unpaired) electrons. The highest BCUT2D eigenvalue weighted by Gasteiger charge is 2.12. The first-order valence-corrected chi connectivity index (χ1v) is 6.11. The predicted octanol–water partition coefficient (Wildman–Crippen LogP) is 2.62. The summed E-state index contributed by atoms with van der Waals surface area (Å²) in [4.78, 5) is 3.44. The fourth-order valence-electron chi connectivity index (χ4n) is 1.67. The van der Waals surface area contributed by atoms with Gasteiger partial charge >= 0.3 is 0 Å². The first-order chi connectivity index (χ1) is 6.84. The van der Waals surface area contributed by atoms with Crippen LogP contribution in [0.5, 0.6) is 0 Å². The molecule has 1 aliphatic rings. The summed E-state index contributed by atoms with van der Waals surface area (Å²) in [7, 11) is 0. The maximum Gasteiger partial charge on any atom is 0.0780 e. The summed E-state index contributed by atoms with van der Waals surface area (Å²) in [6.45, 7) is 5.91. The van der Waals surface area contributed by atoms with E-state index in [1.807, 2.05) is 0 Å². The lowest BCUT2D eigenvalue weighted by Gasteiger charge is -2.29. The maximum atomic E-state index is 5.39. The number of morpholine rings is 1. The molecule has 14 heavy (non-hydrogen) atoms. The number of ether oxygens (including phenoxy) is 1. The monoisotopic (exact) mass is 215 g/mol. The van der Waals surface area contributed by atoms with Gasteiger partial charge in [0.05, 0.1) is 18.2 Å². The van der Waals surface area contributed by atoms with Gasteiger partial charge in [0.25, 0.3) is 0 Å². The summed E-state index contributed by atoms with van der Waals surface area (Å²) in [5, 5.41) is 0. The highest BCUT2D eigenvalue weighted by atomic mass is 32.1. The Hall–Kier alpha value is -0.150. The Kier molecular flexibility index (Phi) is 6.12. The Morgan fingerprint density at radius 1 is 1.21 bits per heavy atom. The van der Waals surface area contributed by atoms with E-state index < -0.39 is 0 Å². The number of nitrogens with zero attached hydrogens (tertiary/aromatic N) is 1. The molecule has 0 spiro atoms. The van der Waals surface area contributed by atoms with Gasteiger partial charge in [-0.05, 0) is 12.8 Å². The molecule has 1 fully saturated rings. The van der Waals surface area contributed by atoms with Crippen molar-refractivity contribution < 1.29 is 4.74 Å². The molecule has 0 bridgehead atoms. The molecule has 0 atom stereocenters. The third kappa shape index (κ3) is 4.38. The van der Waals surface area contributed by atoms with Gasteiger partial charge in [0.2, 0.25) is 0 Å². The minimum atomic E-state index is 0.842. The second-order valence-electron chi connectivity index (χ2n) is 3.80. The van der Waals surface area contributed by atoms with Gasteiger partial charge in [-0.1, -0.05) is 38.4 Å². The van der Waals surface area contributed by atoms with Crippen LogP contribution in [-0.4, -0.2) is 36.2 Å². The summed E-state index contributed by atoms with van der Waals surface area (Å²) in [5.74, 6) is 0. The van der Waals surface area contributed by atoms with Gasteiger partial charge < -0.3 is 9.64 Å². The van der Waals surface area contributed by atoms with Crippen molar-refractivity contribution in [3.63, 3.8) is 0 Å². The van der Waals surface area contributed by atoms with Crippen LogP contribution in [0.1, 0.15) is 39.0 Å². The lowest BCUT2D eigenvalue weighted by molar-refractivity contribution is 0.0682. The lowest BCUT2D eigenvalue weighted by Crippen LogP contribution is -2.39. The highest BCUT2D eigenvalue weighted by Crippen LogP contribution is 2.08. The van der Waals surface area contributed by atoms with E-state index >= 15 is 0 Å². The zero-order valence-electron chi connectivity index (χ0n) is 9.13. The maximum absolute atomic E-state index is 5.39.